The van der Waals surface area contributed by atoms with Crippen LogP contribution in [0, 0.1) is 13.8 Å². The third-order valence-corrected chi connectivity index (χ3v) is 2.78. The lowest BCUT2D eigenvalue weighted by Gasteiger charge is -2.06. The third kappa shape index (κ3) is 4.77. The minimum atomic E-state index is 0.804. The second kappa shape index (κ2) is 7.42. The average molecular weight is 221 g/mol. The van der Waals surface area contributed by atoms with Crippen LogP contribution in [0.2, 0.25) is 0 Å². The van der Waals surface area contributed by atoms with Gasteiger partial charge in [-0.05, 0) is 43.5 Å². The number of likely N-dealkylation sites (N-methyl/N-ethyl adjacent to an activating group) is 1. The highest BCUT2D eigenvalue weighted by Crippen LogP contribution is 2.10. The molecule has 0 heterocycles. The molecule has 0 fully saturated rings. The van der Waals surface area contributed by atoms with E-state index in [1.165, 1.54) is 16.7 Å². The van der Waals surface area contributed by atoms with Crippen LogP contribution in [-0.2, 0) is 11.2 Å². The van der Waals surface area contributed by atoms with Gasteiger partial charge in [0.15, 0.2) is 0 Å². The second-order valence-corrected chi connectivity index (χ2v) is 4.13. The summed E-state index contributed by atoms with van der Waals surface area (Å²) in [5.74, 6) is 0. The minimum absolute atomic E-state index is 0.804. The largest absolute Gasteiger partial charge is 0.380 e. The Balaban J connectivity index is 2.19. The molecule has 0 atom stereocenters. The lowest BCUT2D eigenvalue weighted by Crippen LogP contribution is -2.19. The Labute approximate surface area is 99.0 Å². The molecular weight excluding hydrogens is 198 g/mol. The summed E-state index contributed by atoms with van der Waals surface area (Å²) >= 11 is 0. The molecule has 2 heteroatoms. The molecule has 1 N–H and O–H groups in total. The number of ether oxygens (including phenoxy) is 1. The van der Waals surface area contributed by atoms with Crippen LogP contribution in [0.4, 0.5) is 0 Å². The number of aryl methyl sites for hydroxylation is 2. The Morgan fingerprint density at radius 3 is 2.62 bits per heavy atom. The van der Waals surface area contributed by atoms with Crippen molar-refractivity contribution >= 4 is 0 Å². The first kappa shape index (κ1) is 13.2. The molecule has 0 saturated carbocycles. The molecule has 0 bridgehead atoms. The van der Waals surface area contributed by atoms with Crippen molar-refractivity contribution in [2.24, 2.45) is 0 Å². The Morgan fingerprint density at radius 1 is 1.12 bits per heavy atom. The van der Waals surface area contributed by atoms with Gasteiger partial charge in [-0.25, -0.2) is 0 Å². The lowest BCUT2D eigenvalue weighted by atomic mass is 10.0. The van der Waals surface area contributed by atoms with Crippen molar-refractivity contribution in [3.8, 4) is 0 Å². The van der Waals surface area contributed by atoms with Crippen LogP contribution in [0.25, 0.3) is 0 Å². The van der Waals surface area contributed by atoms with Gasteiger partial charge in [0.2, 0.25) is 0 Å². The molecule has 2 nitrogen and oxygen atoms in total. The van der Waals surface area contributed by atoms with Crippen LogP contribution in [0.3, 0.4) is 0 Å². The molecule has 0 aliphatic rings. The van der Waals surface area contributed by atoms with E-state index in [1.807, 2.05) is 0 Å². The Hall–Kier alpha value is -0.860. The monoisotopic (exact) mass is 221 g/mol. The van der Waals surface area contributed by atoms with E-state index >= 15 is 0 Å². The first-order valence-electron chi connectivity index (χ1n) is 6.08. The molecule has 0 aliphatic carbocycles. The molecule has 16 heavy (non-hydrogen) atoms. The molecule has 0 aromatic heterocycles. The summed E-state index contributed by atoms with van der Waals surface area (Å²) in [4.78, 5) is 0. The molecule has 1 rings (SSSR count). The van der Waals surface area contributed by atoms with Crippen LogP contribution in [0.5, 0.6) is 0 Å². The van der Waals surface area contributed by atoms with Gasteiger partial charge in [-0.15, -0.1) is 0 Å². The maximum absolute atomic E-state index is 5.55. The van der Waals surface area contributed by atoms with Gasteiger partial charge < -0.3 is 10.1 Å². The van der Waals surface area contributed by atoms with E-state index in [2.05, 4.69) is 44.3 Å². The van der Waals surface area contributed by atoms with Crippen molar-refractivity contribution in [1.29, 1.82) is 0 Å². The fourth-order valence-electron chi connectivity index (χ4n) is 1.57. The zero-order valence-electron chi connectivity index (χ0n) is 10.7. The van der Waals surface area contributed by atoms with Crippen LogP contribution >= 0.6 is 0 Å². The predicted octanol–water partition coefficient (Wildman–Crippen LogP) is 2.47. The van der Waals surface area contributed by atoms with Gasteiger partial charge in [-0.1, -0.05) is 25.1 Å². The van der Waals surface area contributed by atoms with E-state index in [0.29, 0.717) is 0 Å². The third-order valence-electron chi connectivity index (χ3n) is 2.78. The number of hydrogen-bond acceptors (Lipinski definition) is 2. The van der Waals surface area contributed by atoms with E-state index in [1.54, 1.807) is 0 Å². The highest BCUT2D eigenvalue weighted by atomic mass is 16.5. The van der Waals surface area contributed by atoms with E-state index in [0.717, 1.165) is 32.7 Å². The summed E-state index contributed by atoms with van der Waals surface area (Å²) in [5.41, 5.74) is 4.09. The summed E-state index contributed by atoms with van der Waals surface area (Å²) < 4.78 is 5.55. The predicted molar refractivity (Wildman–Crippen MR) is 69.0 cm³/mol. The van der Waals surface area contributed by atoms with Crippen molar-refractivity contribution in [3.05, 3.63) is 34.9 Å². The molecule has 1 aromatic rings. The fourth-order valence-corrected chi connectivity index (χ4v) is 1.57. The van der Waals surface area contributed by atoms with Crippen molar-refractivity contribution < 1.29 is 4.74 Å². The lowest BCUT2D eigenvalue weighted by molar-refractivity contribution is 0.139. The molecule has 0 unspecified atom stereocenters. The summed E-state index contributed by atoms with van der Waals surface area (Å²) in [6, 6.07) is 6.63. The maximum atomic E-state index is 5.55. The number of rotatable bonds is 7. The zero-order valence-corrected chi connectivity index (χ0v) is 10.7. The SMILES string of the molecule is CCNCCOCCc1ccc(C)c(C)c1. The van der Waals surface area contributed by atoms with Gasteiger partial charge >= 0.3 is 0 Å². The van der Waals surface area contributed by atoms with E-state index in [4.69, 9.17) is 4.74 Å². The topological polar surface area (TPSA) is 21.3 Å². The Bertz CT molecular complexity index is 310. The Kier molecular flexibility index (Phi) is 6.12. The van der Waals surface area contributed by atoms with E-state index in [9.17, 15) is 0 Å². The standard InChI is InChI=1S/C14H23NO/c1-4-15-8-10-16-9-7-14-6-5-12(2)13(3)11-14/h5-6,11,15H,4,7-10H2,1-3H3. The molecule has 0 amide bonds. The normalized spacial score (nSPS) is 10.7. The van der Waals surface area contributed by atoms with Gasteiger partial charge in [0.1, 0.15) is 0 Å². The first-order valence-corrected chi connectivity index (χ1v) is 6.08. The molecular formula is C14H23NO. The fraction of sp³-hybridized carbons (Fsp3) is 0.571. The minimum Gasteiger partial charge on any atom is -0.380 e. The highest BCUT2D eigenvalue weighted by molar-refractivity contribution is 5.29. The van der Waals surface area contributed by atoms with Crippen molar-refractivity contribution in [3.63, 3.8) is 0 Å². The van der Waals surface area contributed by atoms with Crippen molar-refractivity contribution in [2.75, 3.05) is 26.3 Å². The highest BCUT2D eigenvalue weighted by Gasteiger charge is 1.96. The zero-order chi connectivity index (χ0) is 11.8. The van der Waals surface area contributed by atoms with Gasteiger partial charge in [0.05, 0.1) is 13.2 Å². The van der Waals surface area contributed by atoms with E-state index in [-0.39, 0.29) is 0 Å². The van der Waals surface area contributed by atoms with Crippen LogP contribution in [-0.4, -0.2) is 26.3 Å². The van der Waals surface area contributed by atoms with Crippen molar-refractivity contribution in [1.82, 2.24) is 5.32 Å². The molecule has 0 aliphatic heterocycles. The molecule has 90 valence electrons. The van der Waals surface area contributed by atoms with Gasteiger partial charge in [0, 0.05) is 6.54 Å². The Morgan fingerprint density at radius 2 is 1.94 bits per heavy atom. The van der Waals surface area contributed by atoms with Gasteiger partial charge in [0.25, 0.3) is 0 Å². The molecule has 0 spiro atoms. The maximum Gasteiger partial charge on any atom is 0.0591 e. The van der Waals surface area contributed by atoms with Gasteiger partial charge in [-0.3, -0.25) is 0 Å². The summed E-state index contributed by atoms with van der Waals surface area (Å²) in [6.07, 6.45) is 1.01. The molecule has 0 saturated heterocycles. The van der Waals surface area contributed by atoms with E-state index < -0.39 is 0 Å². The summed E-state index contributed by atoms with van der Waals surface area (Å²) in [5, 5.41) is 3.24. The smallest absolute Gasteiger partial charge is 0.0591 e. The molecule has 0 radical (unpaired) electrons. The quantitative estimate of drug-likeness (QED) is 0.714. The summed E-state index contributed by atoms with van der Waals surface area (Å²) in [6.45, 7) is 9.99. The van der Waals surface area contributed by atoms with Crippen molar-refractivity contribution in [2.45, 2.75) is 27.2 Å². The van der Waals surface area contributed by atoms with Crippen LogP contribution in [0.1, 0.15) is 23.6 Å². The number of hydrogen-bond donors (Lipinski definition) is 1. The second-order valence-electron chi connectivity index (χ2n) is 4.13. The van der Waals surface area contributed by atoms with Gasteiger partial charge in [-0.2, -0.15) is 0 Å². The molecule has 1 aromatic carbocycles. The van der Waals surface area contributed by atoms with Crippen LogP contribution in [0.15, 0.2) is 18.2 Å². The summed E-state index contributed by atoms with van der Waals surface area (Å²) in [7, 11) is 0. The van der Waals surface area contributed by atoms with Crippen LogP contribution < -0.4 is 5.32 Å². The average Bonchev–Trinajstić information content (AvgIpc) is 2.28. The number of nitrogens with one attached hydrogen (secondary N) is 1. The first-order chi connectivity index (χ1) is 7.74. The number of benzene rings is 1.